The largest absolute Gasteiger partial charge is 0.372 e. The van der Waals surface area contributed by atoms with Gasteiger partial charge in [-0.05, 0) is 43.2 Å². The molecule has 0 saturated heterocycles. The maximum Gasteiger partial charge on any atom is 0.0562 e. The molecule has 0 aliphatic heterocycles. The monoisotopic (exact) mass is 289 g/mol. The fraction of sp³-hybridized carbons (Fsp3) is 0.722. The second-order valence-corrected chi connectivity index (χ2v) is 7.55. The average molecular weight is 289 g/mol. The van der Waals surface area contributed by atoms with E-state index in [0.717, 1.165) is 12.2 Å². The van der Waals surface area contributed by atoms with Gasteiger partial charge in [-0.15, -0.1) is 0 Å². The fourth-order valence-electron chi connectivity index (χ4n) is 3.07. The molecule has 0 aromatic carbocycles. The number of nitrogens with one attached hydrogen (secondary N) is 1. The number of anilines is 1. The van der Waals surface area contributed by atoms with E-state index in [9.17, 15) is 0 Å². The van der Waals surface area contributed by atoms with Crippen molar-refractivity contribution in [1.29, 1.82) is 0 Å². The van der Waals surface area contributed by atoms with E-state index < -0.39 is 0 Å². The lowest BCUT2D eigenvalue weighted by Crippen LogP contribution is -2.37. The van der Waals surface area contributed by atoms with E-state index in [1.54, 1.807) is 0 Å². The van der Waals surface area contributed by atoms with Crippen molar-refractivity contribution in [2.45, 2.75) is 72.0 Å². The van der Waals surface area contributed by atoms with Gasteiger partial charge in [0.1, 0.15) is 0 Å². The molecule has 1 aliphatic rings. The quantitative estimate of drug-likeness (QED) is 0.888. The molecule has 0 amide bonds. The van der Waals surface area contributed by atoms with Crippen LogP contribution in [0.4, 0.5) is 5.69 Å². The van der Waals surface area contributed by atoms with Crippen molar-refractivity contribution in [3.63, 3.8) is 0 Å². The molecule has 1 fully saturated rings. The highest BCUT2D eigenvalue weighted by molar-refractivity contribution is 5.46. The summed E-state index contributed by atoms with van der Waals surface area (Å²) >= 11 is 0. The minimum Gasteiger partial charge on any atom is -0.372 e. The molecule has 0 spiro atoms. The maximum absolute atomic E-state index is 4.47. The van der Waals surface area contributed by atoms with E-state index >= 15 is 0 Å². The molecule has 2 rings (SSSR count). The normalized spacial score (nSPS) is 19.0. The topological polar surface area (TPSA) is 28.2 Å². The zero-order chi connectivity index (χ0) is 15.5. The van der Waals surface area contributed by atoms with Gasteiger partial charge in [0.25, 0.3) is 0 Å². The van der Waals surface area contributed by atoms with E-state index in [4.69, 9.17) is 0 Å². The van der Waals surface area contributed by atoms with Crippen LogP contribution in [0.25, 0.3) is 0 Å². The van der Waals surface area contributed by atoms with Gasteiger partial charge in [-0.25, -0.2) is 0 Å². The first kappa shape index (κ1) is 16.3. The third-order valence-electron chi connectivity index (χ3n) is 4.76. The smallest absolute Gasteiger partial charge is 0.0562 e. The van der Waals surface area contributed by atoms with Crippen LogP contribution in [-0.4, -0.2) is 24.1 Å². The molecule has 3 nitrogen and oxygen atoms in total. The molecule has 0 bridgehead atoms. The van der Waals surface area contributed by atoms with Gasteiger partial charge in [0.05, 0.1) is 5.69 Å². The van der Waals surface area contributed by atoms with Crippen LogP contribution in [0.1, 0.15) is 59.1 Å². The number of nitrogens with zero attached hydrogens (tertiary/aromatic N) is 2. The van der Waals surface area contributed by atoms with Gasteiger partial charge in [0.2, 0.25) is 0 Å². The second-order valence-electron chi connectivity index (χ2n) is 7.55. The van der Waals surface area contributed by atoms with Crippen molar-refractivity contribution in [3.8, 4) is 0 Å². The van der Waals surface area contributed by atoms with Gasteiger partial charge in [0, 0.05) is 37.6 Å². The van der Waals surface area contributed by atoms with Crippen LogP contribution < -0.4 is 10.2 Å². The third kappa shape index (κ3) is 4.70. The van der Waals surface area contributed by atoms with Gasteiger partial charge >= 0.3 is 0 Å². The SMILES string of the molecule is CC(C)NCc1cc(N(C)C2CCC(C)(C)CC2)ccn1. The molecule has 1 aliphatic carbocycles. The third-order valence-corrected chi connectivity index (χ3v) is 4.76. The summed E-state index contributed by atoms with van der Waals surface area (Å²) < 4.78 is 0. The number of hydrogen-bond donors (Lipinski definition) is 1. The van der Waals surface area contributed by atoms with Gasteiger partial charge in [-0.1, -0.05) is 27.7 Å². The Balaban J connectivity index is 1.99. The van der Waals surface area contributed by atoms with Crippen molar-refractivity contribution in [1.82, 2.24) is 10.3 Å². The highest BCUT2D eigenvalue weighted by Crippen LogP contribution is 2.37. The van der Waals surface area contributed by atoms with E-state index in [1.165, 1.54) is 31.4 Å². The highest BCUT2D eigenvalue weighted by Gasteiger charge is 2.28. The molecule has 0 unspecified atom stereocenters. The van der Waals surface area contributed by atoms with Gasteiger partial charge in [0.15, 0.2) is 0 Å². The van der Waals surface area contributed by atoms with Crippen molar-refractivity contribution in [2.75, 3.05) is 11.9 Å². The van der Waals surface area contributed by atoms with E-state index in [1.807, 2.05) is 6.20 Å². The summed E-state index contributed by atoms with van der Waals surface area (Å²) in [6.07, 6.45) is 7.19. The molecule has 1 heterocycles. The van der Waals surface area contributed by atoms with Crippen molar-refractivity contribution < 1.29 is 0 Å². The van der Waals surface area contributed by atoms with Crippen LogP contribution in [0.5, 0.6) is 0 Å². The molecule has 0 atom stereocenters. The number of hydrogen-bond acceptors (Lipinski definition) is 3. The predicted octanol–water partition coefficient (Wildman–Crippen LogP) is 3.98. The summed E-state index contributed by atoms with van der Waals surface area (Å²) in [4.78, 5) is 6.93. The Morgan fingerprint density at radius 3 is 2.62 bits per heavy atom. The van der Waals surface area contributed by atoms with E-state index in [-0.39, 0.29) is 0 Å². The second kappa shape index (κ2) is 6.78. The number of aromatic nitrogens is 1. The van der Waals surface area contributed by atoms with Crippen LogP contribution in [0, 0.1) is 5.41 Å². The molecule has 0 radical (unpaired) electrons. The van der Waals surface area contributed by atoms with Crippen molar-refractivity contribution in [2.24, 2.45) is 5.41 Å². The minimum atomic E-state index is 0.494. The van der Waals surface area contributed by atoms with Crippen LogP contribution in [-0.2, 0) is 6.54 Å². The minimum absolute atomic E-state index is 0.494. The van der Waals surface area contributed by atoms with Gasteiger partial charge < -0.3 is 10.2 Å². The summed E-state index contributed by atoms with van der Waals surface area (Å²) in [5.74, 6) is 0. The summed E-state index contributed by atoms with van der Waals surface area (Å²) in [6, 6.07) is 5.54. The molecule has 21 heavy (non-hydrogen) atoms. The van der Waals surface area contributed by atoms with E-state index in [0.29, 0.717) is 17.5 Å². The van der Waals surface area contributed by atoms with E-state index in [2.05, 4.69) is 62.1 Å². The standard InChI is InChI=1S/C18H31N3/c1-14(2)20-13-15-12-17(8-11-19-15)21(5)16-6-9-18(3,4)10-7-16/h8,11-12,14,16,20H,6-7,9-10,13H2,1-5H3. The lowest BCUT2D eigenvalue weighted by molar-refractivity contribution is 0.222. The molecule has 1 aromatic heterocycles. The van der Waals surface area contributed by atoms with Crippen molar-refractivity contribution >= 4 is 5.69 Å². The molecule has 1 N–H and O–H groups in total. The van der Waals surface area contributed by atoms with Gasteiger partial charge in [-0.3, -0.25) is 4.98 Å². The van der Waals surface area contributed by atoms with Crippen molar-refractivity contribution in [3.05, 3.63) is 24.0 Å². The maximum atomic E-state index is 4.47. The molecule has 1 aromatic rings. The van der Waals surface area contributed by atoms with Crippen LogP contribution in [0.2, 0.25) is 0 Å². The Labute approximate surface area is 130 Å². The number of pyridine rings is 1. The lowest BCUT2D eigenvalue weighted by atomic mass is 9.75. The summed E-state index contributed by atoms with van der Waals surface area (Å²) in [5.41, 5.74) is 2.96. The fourth-order valence-corrected chi connectivity index (χ4v) is 3.07. The lowest BCUT2D eigenvalue weighted by Gasteiger charge is -2.39. The average Bonchev–Trinajstić information content (AvgIpc) is 2.45. The molecular formula is C18H31N3. The molecule has 118 valence electrons. The first-order valence-electron chi connectivity index (χ1n) is 8.28. The molecule has 3 heteroatoms. The Morgan fingerprint density at radius 2 is 2.00 bits per heavy atom. The first-order valence-corrected chi connectivity index (χ1v) is 8.28. The number of rotatable bonds is 5. The zero-order valence-corrected chi connectivity index (χ0v) is 14.3. The van der Waals surface area contributed by atoms with Crippen LogP contribution in [0.15, 0.2) is 18.3 Å². The Kier molecular flexibility index (Phi) is 5.26. The van der Waals surface area contributed by atoms with Crippen LogP contribution >= 0.6 is 0 Å². The zero-order valence-electron chi connectivity index (χ0n) is 14.3. The highest BCUT2D eigenvalue weighted by atomic mass is 15.1. The van der Waals surface area contributed by atoms with Gasteiger partial charge in [-0.2, -0.15) is 0 Å². The summed E-state index contributed by atoms with van der Waals surface area (Å²) in [6.45, 7) is 9.97. The predicted molar refractivity (Wildman–Crippen MR) is 90.7 cm³/mol. The molecule has 1 saturated carbocycles. The first-order chi connectivity index (χ1) is 9.87. The Hall–Kier alpha value is -1.09. The Morgan fingerprint density at radius 1 is 1.33 bits per heavy atom. The summed E-state index contributed by atoms with van der Waals surface area (Å²) in [7, 11) is 2.23. The molecular weight excluding hydrogens is 258 g/mol. The Bertz CT molecular complexity index is 444. The van der Waals surface area contributed by atoms with Crippen LogP contribution in [0.3, 0.4) is 0 Å². The summed E-state index contributed by atoms with van der Waals surface area (Å²) in [5, 5.41) is 3.44.